The van der Waals surface area contributed by atoms with Gasteiger partial charge in [0.05, 0.1) is 0 Å². The summed E-state index contributed by atoms with van der Waals surface area (Å²) < 4.78 is 5.20. The van der Waals surface area contributed by atoms with E-state index in [4.69, 9.17) is 4.74 Å². The number of carbonyl (C=O) groups is 2. The summed E-state index contributed by atoms with van der Waals surface area (Å²) in [6.07, 6.45) is 3.80. The van der Waals surface area contributed by atoms with Crippen molar-refractivity contribution < 1.29 is 19.4 Å². The molecule has 2 fully saturated rings. The highest BCUT2D eigenvalue weighted by Crippen LogP contribution is 2.42. The number of nitrogens with zero attached hydrogens (tertiary/aromatic N) is 1. The van der Waals surface area contributed by atoms with Crippen molar-refractivity contribution in [3.05, 3.63) is 0 Å². The summed E-state index contributed by atoms with van der Waals surface area (Å²) in [7, 11) is 0. The molecule has 0 aromatic carbocycles. The predicted octanol–water partition coefficient (Wildman–Crippen LogP) is 1.31. The van der Waals surface area contributed by atoms with Gasteiger partial charge in [-0.1, -0.05) is 6.42 Å². The lowest BCUT2D eigenvalue weighted by Crippen LogP contribution is -2.48. The van der Waals surface area contributed by atoms with Crippen molar-refractivity contribution in [3.63, 3.8) is 0 Å². The Morgan fingerprint density at radius 3 is 2.90 bits per heavy atom. The molecular formula is C14H24N2O4. The number of nitrogens with one attached hydrogen (secondary N) is 1. The van der Waals surface area contributed by atoms with Crippen LogP contribution in [0.4, 0.5) is 4.79 Å². The first-order chi connectivity index (χ1) is 9.65. The number of fused-ring (bicyclic) bond motifs is 1. The minimum absolute atomic E-state index is 0.140. The van der Waals surface area contributed by atoms with Crippen molar-refractivity contribution in [1.82, 2.24) is 10.2 Å². The van der Waals surface area contributed by atoms with E-state index >= 15 is 0 Å². The van der Waals surface area contributed by atoms with Crippen LogP contribution < -0.4 is 5.32 Å². The predicted molar refractivity (Wildman–Crippen MR) is 73.5 cm³/mol. The molecule has 0 radical (unpaired) electrons. The van der Waals surface area contributed by atoms with Gasteiger partial charge < -0.3 is 20.1 Å². The Morgan fingerprint density at radius 2 is 2.20 bits per heavy atom. The number of carboxylic acids is 1. The van der Waals surface area contributed by atoms with Crippen LogP contribution in [0.3, 0.4) is 0 Å². The monoisotopic (exact) mass is 284 g/mol. The lowest BCUT2D eigenvalue weighted by molar-refractivity contribution is -0.142. The SMILES string of the molecule is CCOCCCNC(=O)N1CC2CCCC2C1C(=O)O. The summed E-state index contributed by atoms with van der Waals surface area (Å²) in [6, 6.07) is -0.891. The van der Waals surface area contributed by atoms with Crippen LogP contribution in [-0.2, 0) is 9.53 Å². The van der Waals surface area contributed by atoms with Gasteiger partial charge in [-0.2, -0.15) is 0 Å². The Bertz CT molecular complexity index is 361. The average molecular weight is 284 g/mol. The largest absolute Gasteiger partial charge is 0.480 e. The van der Waals surface area contributed by atoms with Gasteiger partial charge in [0.25, 0.3) is 0 Å². The van der Waals surface area contributed by atoms with Crippen LogP contribution in [0.15, 0.2) is 0 Å². The standard InChI is InChI=1S/C14H24N2O4/c1-2-20-8-4-7-15-14(19)16-9-10-5-3-6-11(10)12(16)13(17)18/h10-12H,2-9H2,1H3,(H,15,19)(H,17,18). The normalized spacial score (nSPS) is 28.4. The molecule has 1 aliphatic carbocycles. The van der Waals surface area contributed by atoms with Gasteiger partial charge in [-0.15, -0.1) is 0 Å². The minimum Gasteiger partial charge on any atom is -0.480 e. The fourth-order valence-corrected chi connectivity index (χ4v) is 3.45. The summed E-state index contributed by atoms with van der Waals surface area (Å²) in [5, 5.41) is 12.2. The minimum atomic E-state index is -0.871. The zero-order chi connectivity index (χ0) is 14.5. The molecule has 1 aliphatic heterocycles. The number of carboxylic acid groups (broad SMARTS) is 1. The number of carbonyl (C=O) groups excluding carboxylic acids is 1. The van der Waals surface area contributed by atoms with Crippen molar-refractivity contribution in [2.45, 2.75) is 38.6 Å². The Labute approximate surface area is 119 Å². The molecule has 2 aliphatic rings. The van der Waals surface area contributed by atoms with Crippen LogP contribution in [0.25, 0.3) is 0 Å². The van der Waals surface area contributed by atoms with E-state index in [0.717, 1.165) is 25.7 Å². The number of hydrogen-bond acceptors (Lipinski definition) is 3. The molecule has 2 rings (SSSR count). The Hall–Kier alpha value is -1.30. The molecule has 1 saturated heterocycles. The van der Waals surface area contributed by atoms with Gasteiger partial charge in [-0.05, 0) is 38.0 Å². The van der Waals surface area contributed by atoms with E-state index in [2.05, 4.69) is 5.32 Å². The third-order valence-electron chi connectivity index (χ3n) is 4.35. The molecule has 1 heterocycles. The molecule has 0 spiro atoms. The first-order valence-corrected chi connectivity index (χ1v) is 7.50. The van der Waals surface area contributed by atoms with Gasteiger partial charge >= 0.3 is 12.0 Å². The molecule has 0 bridgehead atoms. The number of amides is 2. The highest BCUT2D eigenvalue weighted by atomic mass is 16.5. The van der Waals surface area contributed by atoms with Crippen molar-refractivity contribution in [2.24, 2.45) is 11.8 Å². The Morgan fingerprint density at radius 1 is 1.40 bits per heavy atom. The molecular weight excluding hydrogens is 260 g/mol. The van der Waals surface area contributed by atoms with Crippen molar-refractivity contribution >= 4 is 12.0 Å². The second kappa shape index (κ2) is 6.92. The molecule has 1 saturated carbocycles. The lowest BCUT2D eigenvalue weighted by Gasteiger charge is -2.24. The van der Waals surface area contributed by atoms with Gasteiger partial charge in [-0.25, -0.2) is 9.59 Å². The third kappa shape index (κ3) is 3.23. The summed E-state index contributed by atoms with van der Waals surface area (Å²) in [5.74, 6) is -0.365. The third-order valence-corrected chi connectivity index (χ3v) is 4.35. The fraction of sp³-hybridized carbons (Fsp3) is 0.857. The molecule has 114 valence electrons. The zero-order valence-electron chi connectivity index (χ0n) is 12.0. The summed E-state index contributed by atoms with van der Waals surface area (Å²) in [6.45, 7) is 4.32. The molecule has 3 unspecified atom stereocenters. The topological polar surface area (TPSA) is 78.9 Å². The number of aliphatic carboxylic acids is 1. The van der Waals surface area contributed by atoms with Crippen molar-refractivity contribution in [3.8, 4) is 0 Å². The molecule has 3 atom stereocenters. The zero-order valence-corrected chi connectivity index (χ0v) is 12.0. The summed E-state index contributed by atoms with van der Waals surface area (Å²) in [4.78, 5) is 25.1. The van der Waals surface area contributed by atoms with Crippen LogP contribution >= 0.6 is 0 Å². The first-order valence-electron chi connectivity index (χ1n) is 7.50. The lowest BCUT2D eigenvalue weighted by atomic mass is 9.94. The van der Waals surface area contributed by atoms with Crippen LogP contribution in [0.1, 0.15) is 32.6 Å². The van der Waals surface area contributed by atoms with Crippen LogP contribution in [0.2, 0.25) is 0 Å². The van der Waals surface area contributed by atoms with E-state index in [1.54, 1.807) is 0 Å². The van der Waals surface area contributed by atoms with Crippen LogP contribution in [-0.4, -0.2) is 54.4 Å². The fourth-order valence-electron chi connectivity index (χ4n) is 3.45. The van der Waals surface area contributed by atoms with Gasteiger partial charge in [0.2, 0.25) is 0 Å². The van der Waals surface area contributed by atoms with E-state index in [1.165, 1.54) is 4.90 Å². The van der Waals surface area contributed by atoms with E-state index in [-0.39, 0.29) is 11.9 Å². The molecule has 6 heteroatoms. The smallest absolute Gasteiger partial charge is 0.326 e. The quantitative estimate of drug-likeness (QED) is 0.721. The molecule has 0 aromatic rings. The molecule has 20 heavy (non-hydrogen) atoms. The highest BCUT2D eigenvalue weighted by Gasteiger charge is 2.49. The number of likely N-dealkylation sites (tertiary alicyclic amines) is 1. The van der Waals surface area contributed by atoms with E-state index in [1.807, 2.05) is 6.92 Å². The molecule has 0 aromatic heterocycles. The van der Waals surface area contributed by atoms with E-state index < -0.39 is 12.0 Å². The van der Waals surface area contributed by atoms with Crippen LogP contribution in [0, 0.1) is 11.8 Å². The maximum absolute atomic E-state index is 12.1. The van der Waals surface area contributed by atoms with E-state index in [9.17, 15) is 14.7 Å². The van der Waals surface area contributed by atoms with Gasteiger partial charge in [0.15, 0.2) is 0 Å². The number of hydrogen-bond donors (Lipinski definition) is 2. The summed E-state index contributed by atoms with van der Waals surface area (Å²) in [5.41, 5.74) is 0. The second-order valence-electron chi connectivity index (χ2n) is 5.57. The van der Waals surface area contributed by atoms with Crippen molar-refractivity contribution in [1.29, 1.82) is 0 Å². The Balaban J connectivity index is 1.84. The number of ether oxygens (including phenoxy) is 1. The highest BCUT2D eigenvalue weighted by molar-refractivity contribution is 5.83. The van der Waals surface area contributed by atoms with Crippen molar-refractivity contribution in [2.75, 3.05) is 26.3 Å². The number of rotatable bonds is 6. The molecule has 6 nitrogen and oxygen atoms in total. The average Bonchev–Trinajstić information content (AvgIpc) is 2.97. The molecule has 2 N–H and O–H groups in total. The second-order valence-corrected chi connectivity index (χ2v) is 5.57. The van der Waals surface area contributed by atoms with Crippen LogP contribution in [0.5, 0.6) is 0 Å². The molecule has 2 amide bonds. The maximum Gasteiger partial charge on any atom is 0.326 e. The summed E-state index contributed by atoms with van der Waals surface area (Å²) >= 11 is 0. The van der Waals surface area contributed by atoms with E-state index in [0.29, 0.717) is 32.2 Å². The Kier molecular flexibility index (Phi) is 5.23. The van der Waals surface area contributed by atoms with Gasteiger partial charge in [-0.3, -0.25) is 0 Å². The van der Waals surface area contributed by atoms with Gasteiger partial charge in [0.1, 0.15) is 6.04 Å². The maximum atomic E-state index is 12.1. The van der Waals surface area contributed by atoms with Gasteiger partial charge in [0, 0.05) is 26.3 Å². The number of urea groups is 1. The first kappa shape index (κ1) is 15.1.